The molecule has 2 nitrogen and oxygen atoms in total. The number of nitrogens with two attached hydrogens (primary N) is 1. The standard InChI is InChI=1S/C13H21BrN2S/c1-13(2)4-6-16(7-5-13)11(9-15)12-10(14)3-8-17-12/h3,8,11H,4-7,9,15H2,1-2H3. The molecule has 0 amide bonds. The Morgan fingerprint density at radius 2 is 2.12 bits per heavy atom. The predicted octanol–water partition coefficient (Wildman–Crippen LogP) is 3.63. The summed E-state index contributed by atoms with van der Waals surface area (Å²) in [5.41, 5.74) is 6.48. The maximum Gasteiger partial charge on any atom is 0.0575 e. The van der Waals surface area contributed by atoms with Crippen LogP contribution in [0.3, 0.4) is 0 Å². The number of hydrogen-bond donors (Lipinski definition) is 1. The summed E-state index contributed by atoms with van der Waals surface area (Å²) in [4.78, 5) is 3.93. The van der Waals surface area contributed by atoms with E-state index in [4.69, 9.17) is 5.73 Å². The minimum Gasteiger partial charge on any atom is -0.329 e. The first-order chi connectivity index (χ1) is 8.03. The first-order valence-electron chi connectivity index (χ1n) is 6.20. The Balaban J connectivity index is 2.08. The van der Waals surface area contributed by atoms with E-state index in [0.29, 0.717) is 18.0 Å². The highest BCUT2D eigenvalue weighted by Crippen LogP contribution is 2.37. The van der Waals surface area contributed by atoms with Gasteiger partial charge in [0.2, 0.25) is 0 Å². The molecule has 1 unspecified atom stereocenters. The zero-order valence-electron chi connectivity index (χ0n) is 10.6. The molecule has 17 heavy (non-hydrogen) atoms. The molecule has 1 atom stereocenters. The van der Waals surface area contributed by atoms with E-state index in [0.717, 1.165) is 0 Å². The number of nitrogens with zero attached hydrogens (tertiary/aromatic N) is 1. The molecule has 0 saturated carbocycles. The highest BCUT2D eigenvalue weighted by molar-refractivity contribution is 9.10. The van der Waals surface area contributed by atoms with Gasteiger partial charge in [0.25, 0.3) is 0 Å². The minimum absolute atomic E-state index is 0.389. The van der Waals surface area contributed by atoms with E-state index in [2.05, 4.69) is 46.1 Å². The van der Waals surface area contributed by atoms with Crippen LogP contribution >= 0.6 is 27.3 Å². The van der Waals surface area contributed by atoms with Crippen LogP contribution in [0.1, 0.15) is 37.6 Å². The Labute approximate surface area is 116 Å². The Bertz CT molecular complexity index is 365. The summed E-state index contributed by atoms with van der Waals surface area (Å²) in [6.45, 7) is 7.77. The van der Waals surface area contributed by atoms with Crippen LogP contribution in [-0.4, -0.2) is 24.5 Å². The lowest BCUT2D eigenvalue weighted by atomic mass is 9.82. The number of rotatable bonds is 3. The Hall–Kier alpha value is 0.100. The summed E-state index contributed by atoms with van der Waals surface area (Å²) >= 11 is 5.43. The topological polar surface area (TPSA) is 29.3 Å². The monoisotopic (exact) mass is 316 g/mol. The van der Waals surface area contributed by atoms with Crippen molar-refractivity contribution in [2.75, 3.05) is 19.6 Å². The zero-order valence-corrected chi connectivity index (χ0v) is 13.0. The van der Waals surface area contributed by atoms with E-state index in [-0.39, 0.29) is 0 Å². The largest absolute Gasteiger partial charge is 0.329 e. The SMILES string of the molecule is CC1(C)CCN(C(CN)c2sccc2Br)CC1. The first-order valence-corrected chi connectivity index (χ1v) is 7.88. The van der Waals surface area contributed by atoms with Crippen molar-refractivity contribution < 1.29 is 0 Å². The molecular weight excluding hydrogens is 296 g/mol. The molecule has 96 valence electrons. The van der Waals surface area contributed by atoms with Crippen LogP contribution in [0.15, 0.2) is 15.9 Å². The molecule has 2 heterocycles. The quantitative estimate of drug-likeness (QED) is 0.922. The summed E-state index contributed by atoms with van der Waals surface area (Å²) in [6, 6.07) is 2.51. The molecule has 0 radical (unpaired) electrons. The second kappa shape index (κ2) is 5.39. The fourth-order valence-corrected chi connectivity index (χ4v) is 4.19. The fourth-order valence-electron chi connectivity index (χ4n) is 2.41. The van der Waals surface area contributed by atoms with E-state index >= 15 is 0 Å². The summed E-state index contributed by atoms with van der Waals surface area (Å²) in [7, 11) is 0. The minimum atomic E-state index is 0.389. The van der Waals surface area contributed by atoms with Gasteiger partial charge in [-0.3, -0.25) is 4.90 Å². The van der Waals surface area contributed by atoms with Crippen LogP contribution in [-0.2, 0) is 0 Å². The van der Waals surface area contributed by atoms with Gasteiger partial charge in [0.1, 0.15) is 0 Å². The lowest BCUT2D eigenvalue weighted by molar-refractivity contribution is 0.0975. The highest BCUT2D eigenvalue weighted by Gasteiger charge is 2.30. The molecule has 0 spiro atoms. The van der Waals surface area contributed by atoms with Crippen molar-refractivity contribution in [2.45, 2.75) is 32.7 Å². The van der Waals surface area contributed by atoms with Crippen LogP contribution in [0.2, 0.25) is 0 Å². The van der Waals surface area contributed by atoms with Gasteiger partial charge in [0.15, 0.2) is 0 Å². The number of halogens is 1. The average molecular weight is 317 g/mol. The van der Waals surface area contributed by atoms with Crippen molar-refractivity contribution in [3.05, 3.63) is 20.8 Å². The van der Waals surface area contributed by atoms with Crippen LogP contribution in [0.25, 0.3) is 0 Å². The molecule has 1 aromatic rings. The number of piperidine rings is 1. The van der Waals surface area contributed by atoms with Crippen molar-refractivity contribution in [3.8, 4) is 0 Å². The van der Waals surface area contributed by atoms with Crippen LogP contribution < -0.4 is 5.73 Å². The summed E-state index contributed by atoms with van der Waals surface area (Å²) in [5, 5.41) is 2.13. The maximum absolute atomic E-state index is 5.98. The molecule has 1 saturated heterocycles. The van der Waals surface area contributed by atoms with Gasteiger partial charge in [-0.15, -0.1) is 11.3 Å². The van der Waals surface area contributed by atoms with E-state index < -0.39 is 0 Å². The maximum atomic E-state index is 5.98. The fraction of sp³-hybridized carbons (Fsp3) is 0.692. The van der Waals surface area contributed by atoms with Crippen molar-refractivity contribution in [2.24, 2.45) is 11.1 Å². The predicted molar refractivity (Wildman–Crippen MR) is 78.4 cm³/mol. The normalized spacial score (nSPS) is 22.6. The summed E-state index contributed by atoms with van der Waals surface area (Å²) in [6.07, 6.45) is 2.54. The van der Waals surface area contributed by atoms with Crippen molar-refractivity contribution in [3.63, 3.8) is 0 Å². The van der Waals surface area contributed by atoms with Crippen LogP contribution in [0.4, 0.5) is 0 Å². The number of hydrogen-bond acceptors (Lipinski definition) is 3. The Morgan fingerprint density at radius 3 is 2.59 bits per heavy atom. The average Bonchev–Trinajstić information content (AvgIpc) is 2.69. The van der Waals surface area contributed by atoms with Gasteiger partial charge in [-0.25, -0.2) is 0 Å². The van der Waals surface area contributed by atoms with Gasteiger partial charge in [-0.2, -0.15) is 0 Å². The summed E-state index contributed by atoms with van der Waals surface area (Å²) in [5.74, 6) is 0. The van der Waals surface area contributed by atoms with Crippen molar-refractivity contribution in [1.82, 2.24) is 4.90 Å². The first kappa shape index (κ1) is 13.5. The number of thiophene rings is 1. The molecular formula is C13H21BrN2S. The van der Waals surface area contributed by atoms with Gasteiger partial charge in [-0.1, -0.05) is 13.8 Å². The third-order valence-corrected chi connectivity index (χ3v) is 5.74. The summed E-state index contributed by atoms with van der Waals surface area (Å²) < 4.78 is 1.21. The third-order valence-electron chi connectivity index (χ3n) is 3.76. The van der Waals surface area contributed by atoms with Crippen LogP contribution in [0.5, 0.6) is 0 Å². The molecule has 4 heteroatoms. The van der Waals surface area contributed by atoms with Gasteiger partial charge in [0, 0.05) is 15.9 Å². The molecule has 0 aromatic carbocycles. The van der Waals surface area contributed by atoms with E-state index in [1.165, 1.54) is 35.3 Å². The second-order valence-corrected chi connectivity index (χ2v) is 7.39. The van der Waals surface area contributed by atoms with Gasteiger partial charge >= 0.3 is 0 Å². The molecule has 1 aromatic heterocycles. The smallest absolute Gasteiger partial charge is 0.0575 e. The van der Waals surface area contributed by atoms with Crippen molar-refractivity contribution >= 4 is 27.3 Å². The molecule has 2 N–H and O–H groups in total. The van der Waals surface area contributed by atoms with E-state index in [9.17, 15) is 0 Å². The lowest BCUT2D eigenvalue weighted by Gasteiger charge is -2.40. The molecule has 2 rings (SSSR count). The van der Waals surface area contributed by atoms with E-state index in [1.54, 1.807) is 0 Å². The van der Waals surface area contributed by atoms with Crippen molar-refractivity contribution in [1.29, 1.82) is 0 Å². The number of likely N-dealkylation sites (tertiary alicyclic amines) is 1. The molecule has 1 aliphatic rings. The van der Waals surface area contributed by atoms with Crippen LogP contribution in [0, 0.1) is 5.41 Å². The molecule has 1 fully saturated rings. The zero-order chi connectivity index (χ0) is 12.5. The third kappa shape index (κ3) is 3.11. The Kier molecular flexibility index (Phi) is 4.29. The lowest BCUT2D eigenvalue weighted by Crippen LogP contribution is -2.41. The Morgan fingerprint density at radius 1 is 1.47 bits per heavy atom. The highest BCUT2D eigenvalue weighted by atomic mass is 79.9. The van der Waals surface area contributed by atoms with Gasteiger partial charge < -0.3 is 5.73 Å². The van der Waals surface area contributed by atoms with E-state index in [1.807, 2.05) is 11.3 Å². The van der Waals surface area contributed by atoms with Gasteiger partial charge in [-0.05, 0) is 58.7 Å². The molecule has 0 bridgehead atoms. The van der Waals surface area contributed by atoms with Gasteiger partial charge in [0.05, 0.1) is 6.04 Å². The molecule has 0 aliphatic carbocycles. The second-order valence-electron chi connectivity index (χ2n) is 5.58. The molecule has 1 aliphatic heterocycles.